The van der Waals surface area contributed by atoms with Gasteiger partial charge in [-0.1, -0.05) is 102 Å². The van der Waals surface area contributed by atoms with E-state index in [4.69, 9.17) is 0 Å². The highest BCUT2D eigenvalue weighted by atomic mass is 32.1. The minimum atomic E-state index is 1.22. The zero-order valence-electron chi connectivity index (χ0n) is 23.1. The Morgan fingerprint density at radius 1 is 0.395 bits per heavy atom. The molecule has 0 atom stereocenters. The van der Waals surface area contributed by atoms with Crippen LogP contribution in [-0.4, -0.2) is 0 Å². The molecular formula is C36H40S2. The predicted molar refractivity (Wildman–Crippen MR) is 175 cm³/mol. The van der Waals surface area contributed by atoms with Crippen molar-refractivity contribution in [3.05, 3.63) is 70.4 Å². The summed E-state index contributed by atoms with van der Waals surface area (Å²) in [6.45, 7) is 4.58. The number of hydrogen-bond acceptors (Lipinski definition) is 2. The second-order valence-corrected chi connectivity index (χ2v) is 13.5. The van der Waals surface area contributed by atoms with E-state index >= 15 is 0 Å². The van der Waals surface area contributed by atoms with Crippen molar-refractivity contribution in [1.29, 1.82) is 0 Å². The van der Waals surface area contributed by atoms with Crippen molar-refractivity contribution in [1.82, 2.24) is 0 Å². The van der Waals surface area contributed by atoms with E-state index < -0.39 is 0 Å². The zero-order chi connectivity index (χ0) is 25.9. The molecule has 0 unspecified atom stereocenters. The number of aryl methyl sites for hydroxylation is 2. The standard InChI is InChI=1S/C36H40S2/c1-3-5-7-9-11-13-25-23-33-31-17-15-28-27(29(31)19-21-35(33)37-25)16-18-32-30(28)20-22-36-34(32)24-26(38-36)14-12-10-8-6-4-2/h15-24H,3-14H2,1-2H3. The molecule has 0 saturated carbocycles. The van der Waals surface area contributed by atoms with Gasteiger partial charge in [0.05, 0.1) is 0 Å². The first-order valence-electron chi connectivity index (χ1n) is 15.0. The van der Waals surface area contributed by atoms with E-state index in [1.165, 1.54) is 130 Å². The number of rotatable bonds is 12. The van der Waals surface area contributed by atoms with Gasteiger partial charge in [0, 0.05) is 29.9 Å². The van der Waals surface area contributed by atoms with E-state index in [9.17, 15) is 0 Å². The molecule has 6 aromatic rings. The fraction of sp³-hybridized carbons (Fsp3) is 0.389. The Hall–Kier alpha value is -2.42. The molecule has 0 nitrogen and oxygen atoms in total. The summed E-state index contributed by atoms with van der Waals surface area (Å²) in [5.74, 6) is 0. The van der Waals surface area contributed by atoms with Gasteiger partial charge in [-0.25, -0.2) is 0 Å². The molecule has 0 aliphatic rings. The van der Waals surface area contributed by atoms with Crippen LogP contribution in [0.15, 0.2) is 60.7 Å². The molecule has 0 fully saturated rings. The molecule has 4 aromatic carbocycles. The van der Waals surface area contributed by atoms with Crippen LogP contribution in [0.3, 0.4) is 0 Å². The third-order valence-corrected chi connectivity index (χ3v) is 10.7. The first kappa shape index (κ1) is 25.8. The normalized spacial score (nSPS) is 12.2. The lowest BCUT2D eigenvalue weighted by molar-refractivity contribution is 0.634. The van der Waals surface area contributed by atoms with Crippen molar-refractivity contribution in [2.24, 2.45) is 0 Å². The Balaban J connectivity index is 1.33. The number of unbranched alkanes of at least 4 members (excludes halogenated alkanes) is 8. The molecule has 38 heavy (non-hydrogen) atoms. The first-order chi connectivity index (χ1) is 18.8. The lowest BCUT2D eigenvalue weighted by Gasteiger charge is -2.09. The minimum Gasteiger partial charge on any atom is -0.140 e. The Bertz CT molecular complexity index is 1570. The summed E-state index contributed by atoms with van der Waals surface area (Å²) >= 11 is 4.00. The van der Waals surface area contributed by atoms with Gasteiger partial charge in [-0.2, -0.15) is 0 Å². The molecule has 0 aliphatic heterocycles. The number of hydrogen-bond donors (Lipinski definition) is 0. The molecule has 0 radical (unpaired) electrons. The lowest BCUT2D eigenvalue weighted by Crippen LogP contribution is -1.83. The van der Waals surface area contributed by atoms with Crippen LogP contribution in [0, 0.1) is 0 Å². The van der Waals surface area contributed by atoms with Crippen molar-refractivity contribution < 1.29 is 0 Å². The van der Waals surface area contributed by atoms with E-state index in [2.05, 4.69) is 74.5 Å². The van der Waals surface area contributed by atoms with Crippen molar-refractivity contribution in [2.75, 3.05) is 0 Å². The first-order valence-corrected chi connectivity index (χ1v) is 16.6. The maximum absolute atomic E-state index is 2.48. The second-order valence-electron chi connectivity index (χ2n) is 11.1. The third-order valence-electron chi connectivity index (χ3n) is 8.34. The topological polar surface area (TPSA) is 0 Å². The second kappa shape index (κ2) is 11.8. The van der Waals surface area contributed by atoms with Crippen LogP contribution in [0.25, 0.3) is 52.5 Å². The monoisotopic (exact) mass is 536 g/mol. The van der Waals surface area contributed by atoms with E-state index in [0.717, 1.165) is 0 Å². The summed E-state index contributed by atoms with van der Waals surface area (Å²) < 4.78 is 2.87. The van der Waals surface area contributed by atoms with Crippen LogP contribution >= 0.6 is 22.7 Å². The summed E-state index contributed by atoms with van der Waals surface area (Å²) in [5, 5.41) is 11.2. The molecule has 0 spiro atoms. The molecule has 0 saturated heterocycles. The van der Waals surface area contributed by atoms with E-state index in [1.807, 2.05) is 22.7 Å². The molecule has 2 aromatic heterocycles. The average Bonchev–Trinajstić information content (AvgIpc) is 3.56. The molecule has 0 aliphatic carbocycles. The number of fused-ring (bicyclic) bond motifs is 9. The Morgan fingerprint density at radius 3 is 1.13 bits per heavy atom. The van der Waals surface area contributed by atoms with Gasteiger partial charge in [0.1, 0.15) is 0 Å². The van der Waals surface area contributed by atoms with Gasteiger partial charge in [-0.3, -0.25) is 0 Å². The number of benzene rings is 4. The van der Waals surface area contributed by atoms with E-state index in [0.29, 0.717) is 0 Å². The van der Waals surface area contributed by atoms with Gasteiger partial charge in [0.2, 0.25) is 0 Å². The van der Waals surface area contributed by atoms with Gasteiger partial charge in [-0.05, 0) is 82.3 Å². The van der Waals surface area contributed by atoms with Crippen molar-refractivity contribution >= 4 is 75.2 Å². The van der Waals surface area contributed by atoms with Gasteiger partial charge < -0.3 is 0 Å². The van der Waals surface area contributed by atoms with Crippen LogP contribution in [0.1, 0.15) is 87.8 Å². The van der Waals surface area contributed by atoms with Crippen molar-refractivity contribution in [3.8, 4) is 0 Å². The van der Waals surface area contributed by atoms with Gasteiger partial charge >= 0.3 is 0 Å². The highest BCUT2D eigenvalue weighted by Crippen LogP contribution is 2.40. The Morgan fingerprint density at radius 2 is 0.737 bits per heavy atom. The highest BCUT2D eigenvalue weighted by molar-refractivity contribution is 7.19. The molecule has 6 rings (SSSR count). The SMILES string of the molecule is CCCCCCCc1cc2c(ccc3c2ccc2c4ccc5sc(CCCCCCC)cc5c4ccc32)s1. The van der Waals surface area contributed by atoms with Gasteiger partial charge in [-0.15, -0.1) is 22.7 Å². The molecule has 2 heterocycles. The van der Waals surface area contributed by atoms with E-state index in [1.54, 1.807) is 9.75 Å². The zero-order valence-corrected chi connectivity index (χ0v) is 24.7. The fourth-order valence-corrected chi connectivity index (χ4v) is 8.48. The predicted octanol–water partition coefficient (Wildman–Crippen LogP) is 12.6. The van der Waals surface area contributed by atoms with E-state index in [-0.39, 0.29) is 0 Å². The van der Waals surface area contributed by atoms with Gasteiger partial charge in [0.25, 0.3) is 0 Å². The Kier molecular flexibility index (Phi) is 8.00. The third kappa shape index (κ3) is 5.10. The molecule has 0 bridgehead atoms. The van der Waals surface area contributed by atoms with Gasteiger partial charge in [0.15, 0.2) is 0 Å². The Labute approximate surface area is 235 Å². The maximum atomic E-state index is 2.48. The van der Waals surface area contributed by atoms with Crippen LogP contribution < -0.4 is 0 Å². The van der Waals surface area contributed by atoms with Crippen LogP contribution in [0.2, 0.25) is 0 Å². The largest absolute Gasteiger partial charge is 0.140 e. The van der Waals surface area contributed by atoms with Crippen LogP contribution in [0.5, 0.6) is 0 Å². The lowest BCUT2D eigenvalue weighted by atomic mass is 9.94. The molecule has 0 amide bonds. The summed E-state index contributed by atoms with van der Waals surface area (Å²) in [5.41, 5.74) is 0. The molecule has 0 N–H and O–H groups in total. The van der Waals surface area contributed by atoms with Crippen molar-refractivity contribution in [2.45, 2.75) is 90.9 Å². The quantitative estimate of drug-likeness (QED) is 0.108. The van der Waals surface area contributed by atoms with Crippen LogP contribution in [-0.2, 0) is 12.8 Å². The minimum absolute atomic E-state index is 1.22. The van der Waals surface area contributed by atoms with Crippen molar-refractivity contribution in [3.63, 3.8) is 0 Å². The number of thiophene rings is 2. The summed E-state index contributed by atoms with van der Waals surface area (Å²) in [7, 11) is 0. The fourth-order valence-electron chi connectivity index (χ4n) is 6.24. The average molecular weight is 537 g/mol. The highest BCUT2D eigenvalue weighted by Gasteiger charge is 2.12. The molecule has 196 valence electrons. The smallest absolute Gasteiger partial charge is 0.0352 e. The molecule has 2 heteroatoms. The summed E-state index contributed by atoms with van der Waals surface area (Å²) in [6.07, 6.45) is 15.9. The molecular weight excluding hydrogens is 497 g/mol. The van der Waals surface area contributed by atoms with Crippen LogP contribution in [0.4, 0.5) is 0 Å². The summed E-state index contributed by atoms with van der Waals surface area (Å²) in [6, 6.07) is 24.0. The maximum Gasteiger partial charge on any atom is 0.0352 e. The summed E-state index contributed by atoms with van der Waals surface area (Å²) in [4.78, 5) is 3.09.